The van der Waals surface area contributed by atoms with Crippen LogP contribution in [0.5, 0.6) is 0 Å². The molecule has 0 aromatic heterocycles. The molecule has 0 bridgehead atoms. The molecule has 1 saturated heterocycles. The van der Waals surface area contributed by atoms with Gasteiger partial charge in [-0.2, -0.15) is 0 Å². The first-order valence-electron chi connectivity index (χ1n) is 8.25. The van der Waals surface area contributed by atoms with Crippen molar-refractivity contribution < 1.29 is 9.90 Å². The predicted octanol–water partition coefficient (Wildman–Crippen LogP) is 1.24. The minimum absolute atomic E-state index is 0.184. The van der Waals surface area contributed by atoms with Crippen LogP contribution in [-0.4, -0.2) is 72.2 Å². The molecule has 0 spiro atoms. The van der Waals surface area contributed by atoms with Gasteiger partial charge in [0.05, 0.1) is 0 Å². The number of hydrogen-bond donors (Lipinski definition) is 2. The van der Waals surface area contributed by atoms with Gasteiger partial charge in [-0.3, -0.25) is 15.0 Å². The molecule has 0 aromatic carbocycles. The number of hydrogen-bond acceptors (Lipinski definition) is 4. The molecule has 5 heteroatoms. The summed E-state index contributed by atoms with van der Waals surface area (Å²) >= 11 is 0. The lowest BCUT2D eigenvalue weighted by Gasteiger charge is -2.41. The fourth-order valence-electron chi connectivity index (χ4n) is 3.71. The van der Waals surface area contributed by atoms with E-state index in [0.29, 0.717) is 12.6 Å². The topological polar surface area (TPSA) is 55.8 Å². The quantitative estimate of drug-likeness (QED) is 0.740. The van der Waals surface area contributed by atoms with E-state index >= 15 is 0 Å². The molecule has 1 aliphatic heterocycles. The van der Waals surface area contributed by atoms with Crippen LogP contribution in [0.1, 0.15) is 39.5 Å². The highest BCUT2D eigenvalue weighted by atomic mass is 16.4. The lowest BCUT2D eigenvalue weighted by molar-refractivity contribution is -0.147. The third-order valence-corrected chi connectivity index (χ3v) is 4.92. The fraction of sp³-hybridized carbons (Fsp3) is 0.938. The molecule has 1 saturated carbocycles. The van der Waals surface area contributed by atoms with Crippen molar-refractivity contribution in [3.8, 4) is 0 Å². The molecule has 2 N–H and O–H groups in total. The van der Waals surface area contributed by atoms with Gasteiger partial charge < -0.3 is 10.0 Å². The molecule has 2 rings (SSSR count). The van der Waals surface area contributed by atoms with Crippen LogP contribution in [0.3, 0.4) is 0 Å². The van der Waals surface area contributed by atoms with E-state index in [2.05, 4.69) is 29.2 Å². The number of likely N-dealkylation sites (N-methyl/N-ethyl adjacent to an activating group) is 2. The van der Waals surface area contributed by atoms with Crippen LogP contribution in [0.2, 0.25) is 0 Å². The summed E-state index contributed by atoms with van der Waals surface area (Å²) < 4.78 is 0. The second kappa shape index (κ2) is 6.63. The number of nitrogens with one attached hydrogen (secondary N) is 1. The summed E-state index contributed by atoms with van der Waals surface area (Å²) in [6, 6.07) is 0.652. The maximum absolute atomic E-state index is 12.0. The van der Waals surface area contributed by atoms with Gasteiger partial charge in [-0.1, -0.05) is 0 Å². The Morgan fingerprint density at radius 3 is 2.57 bits per heavy atom. The Balaban J connectivity index is 2.08. The van der Waals surface area contributed by atoms with Crippen LogP contribution in [0.4, 0.5) is 0 Å². The van der Waals surface area contributed by atoms with Gasteiger partial charge in [0.25, 0.3) is 0 Å². The number of aliphatic carboxylic acids is 1. The van der Waals surface area contributed by atoms with Gasteiger partial charge in [-0.05, 0) is 66.1 Å². The highest BCUT2D eigenvalue weighted by Gasteiger charge is 2.52. The van der Waals surface area contributed by atoms with E-state index in [0.717, 1.165) is 25.9 Å². The summed E-state index contributed by atoms with van der Waals surface area (Å²) in [5.41, 5.74) is -0.779. The molecular weight excluding hydrogens is 266 g/mol. The number of carbonyl (C=O) groups is 1. The predicted molar refractivity (Wildman–Crippen MR) is 84.5 cm³/mol. The summed E-state index contributed by atoms with van der Waals surface area (Å²) in [6.07, 6.45) is 4.43. The maximum atomic E-state index is 12.0. The molecule has 2 atom stereocenters. The second-order valence-corrected chi connectivity index (χ2v) is 7.32. The standard InChI is InChI=1S/C16H31N3O2/c1-12(2)17-16(15(20)21,13-7-8-13)11-19(4)14-6-5-9-18(3)10-14/h12-14,17H,5-11H2,1-4H3,(H,20,21). The molecule has 0 aromatic rings. The summed E-state index contributed by atoms with van der Waals surface area (Å²) in [6.45, 7) is 6.87. The van der Waals surface area contributed by atoms with Gasteiger partial charge in [0.15, 0.2) is 0 Å². The first-order valence-corrected chi connectivity index (χ1v) is 8.25. The molecule has 2 fully saturated rings. The third kappa shape index (κ3) is 3.96. The Labute approximate surface area is 128 Å². The molecular formula is C16H31N3O2. The van der Waals surface area contributed by atoms with Gasteiger partial charge in [0.2, 0.25) is 0 Å². The molecule has 0 radical (unpaired) electrons. The molecule has 2 aliphatic rings. The molecule has 2 unspecified atom stereocenters. The van der Waals surface area contributed by atoms with Crippen LogP contribution in [0.25, 0.3) is 0 Å². The summed E-state index contributed by atoms with van der Waals surface area (Å²) in [7, 11) is 4.24. The maximum Gasteiger partial charge on any atom is 0.325 e. The minimum atomic E-state index is -0.779. The van der Waals surface area contributed by atoms with Gasteiger partial charge in [0, 0.05) is 25.2 Å². The van der Waals surface area contributed by atoms with Gasteiger partial charge in [0.1, 0.15) is 5.54 Å². The van der Waals surface area contributed by atoms with E-state index in [1.54, 1.807) is 0 Å². The lowest BCUT2D eigenvalue weighted by atomic mass is 9.90. The van der Waals surface area contributed by atoms with Crippen molar-refractivity contribution in [3.63, 3.8) is 0 Å². The summed E-state index contributed by atoms with van der Waals surface area (Å²) in [5, 5.41) is 13.3. The van der Waals surface area contributed by atoms with Gasteiger partial charge in [-0.15, -0.1) is 0 Å². The average Bonchev–Trinajstić information content (AvgIpc) is 3.21. The lowest BCUT2D eigenvalue weighted by Crippen LogP contribution is -2.63. The highest BCUT2D eigenvalue weighted by Crippen LogP contribution is 2.41. The van der Waals surface area contributed by atoms with E-state index in [1.165, 1.54) is 12.8 Å². The molecule has 1 aliphatic carbocycles. The first kappa shape index (κ1) is 16.7. The van der Waals surface area contributed by atoms with Crippen LogP contribution >= 0.6 is 0 Å². The molecule has 0 amide bonds. The van der Waals surface area contributed by atoms with Crippen LogP contribution in [0, 0.1) is 5.92 Å². The number of carboxylic acids is 1. The van der Waals surface area contributed by atoms with E-state index in [9.17, 15) is 9.90 Å². The van der Waals surface area contributed by atoms with E-state index in [4.69, 9.17) is 0 Å². The van der Waals surface area contributed by atoms with Gasteiger partial charge in [-0.25, -0.2) is 0 Å². The molecule has 122 valence electrons. The highest BCUT2D eigenvalue weighted by molar-refractivity contribution is 5.80. The monoisotopic (exact) mass is 297 g/mol. The van der Waals surface area contributed by atoms with Crippen molar-refractivity contribution in [2.24, 2.45) is 5.92 Å². The Kier molecular flexibility index (Phi) is 5.28. The zero-order valence-corrected chi connectivity index (χ0v) is 13.9. The Morgan fingerprint density at radius 2 is 2.10 bits per heavy atom. The SMILES string of the molecule is CC(C)NC(CN(C)C1CCCN(C)C1)(C(=O)O)C1CC1. The third-order valence-electron chi connectivity index (χ3n) is 4.92. The Bertz CT molecular complexity index is 371. The number of likely N-dealkylation sites (tertiary alicyclic amines) is 1. The smallest absolute Gasteiger partial charge is 0.325 e. The molecule has 1 heterocycles. The second-order valence-electron chi connectivity index (χ2n) is 7.32. The van der Waals surface area contributed by atoms with E-state index in [1.807, 2.05) is 13.8 Å². The van der Waals surface area contributed by atoms with Crippen molar-refractivity contribution in [2.45, 2.75) is 57.2 Å². The summed E-state index contributed by atoms with van der Waals surface area (Å²) in [4.78, 5) is 16.6. The largest absolute Gasteiger partial charge is 0.480 e. The fourth-order valence-corrected chi connectivity index (χ4v) is 3.71. The zero-order chi connectivity index (χ0) is 15.6. The van der Waals surface area contributed by atoms with Crippen molar-refractivity contribution in [1.82, 2.24) is 15.1 Å². The van der Waals surface area contributed by atoms with Crippen molar-refractivity contribution in [1.29, 1.82) is 0 Å². The van der Waals surface area contributed by atoms with Crippen LogP contribution in [0.15, 0.2) is 0 Å². The van der Waals surface area contributed by atoms with Crippen molar-refractivity contribution in [2.75, 3.05) is 33.7 Å². The number of carboxylic acid groups (broad SMARTS) is 1. The zero-order valence-electron chi connectivity index (χ0n) is 13.9. The van der Waals surface area contributed by atoms with E-state index < -0.39 is 11.5 Å². The number of nitrogens with zero attached hydrogens (tertiary/aromatic N) is 2. The number of piperidine rings is 1. The first-order chi connectivity index (χ1) is 9.85. The van der Waals surface area contributed by atoms with Crippen molar-refractivity contribution >= 4 is 5.97 Å². The van der Waals surface area contributed by atoms with Crippen LogP contribution in [-0.2, 0) is 4.79 Å². The van der Waals surface area contributed by atoms with E-state index in [-0.39, 0.29) is 12.0 Å². The Hall–Kier alpha value is -0.650. The van der Waals surface area contributed by atoms with Crippen molar-refractivity contribution in [3.05, 3.63) is 0 Å². The van der Waals surface area contributed by atoms with Gasteiger partial charge >= 0.3 is 5.97 Å². The Morgan fingerprint density at radius 1 is 1.43 bits per heavy atom. The number of rotatable bonds is 7. The average molecular weight is 297 g/mol. The molecule has 5 nitrogen and oxygen atoms in total. The van der Waals surface area contributed by atoms with Crippen LogP contribution < -0.4 is 5.32 Å². The normalized spacial score (nSPS) is 27.0. The molecule has 21 heavy (non-hydrogen) atoms. The summed E-state index contributed by atoms with van der Waals surface area (Å²) in [5.74, 6) is -0.407. The minimum Gasteiger partial charge on any atom is -0.480 e.